The highest BCUT2D eigenvalue weighted by Gasteiger charge is 2.18. The van der Waals surface area contributed by atoms with Crippen molar-refractivity contribution in [3.8, 4) is 0 Å². The lowest BCUT2D eigenvalue weighted by atomic mass is 10.1. The highest BCUT2D eigenvalue weighted by molar-refractivity contribution is 9.39. The molecular formula is C9H7Br3O2. The zero-order valence-electron chi connectivity index (χ0n) is 7.01. The molecule has 0 aliphatic heterocycles. The number of carbonyl (C=O) groups is 1. The standard InChI is InChI=1S/C9H7Br3O2/c10-9(11,12)5-6-2-1-3-7(4-6)8(13)14/h1-4H,5H2,(H,13,14). The molecule has 0 spiro atoms. The predicted molar refractivity (Wildman–Crippen MR) is 66.6 cm³/mol. The fourth-order valence-electron chi connectivity index (χ4n) is 1.05. The van der Waals surface area contributed by atoms with E-state index in [0.29, 0.717) is 12.0 Å². The Morgan fingerprint density at radius 1 is 1.36 bits per heavy atom. The molecule has 0 heterocycles. The molecular weight excluding hydrogens is 380 g/mol. The molecule has 14 heavy (non-hydrogen) atoms. The van der Waals surface area contributed by atoms with Gasteiger partial charge in [0.25, 0.3) is 0 Å². The minimum atomic E-state index is -0.906. The van der Waals surface area contributed by atoms with Gasteiger partial charge in [0.15, 0.2) is 0 Å². The molecule has 0 aliphatic carbocycles. The largest absolute Gasteiger partial charge is 0.478 e. The van der Waals surface area contributed by atoms with Gasteiger partial charge in [-0.05, 0) is 17.7 Å². The van der Waals surface area contributed by atoms with Gasteiger partial charge in [-0.15, -0.1) is 0 Å². The van der Waals surface area contributed by atoms with E-state index in [0.717, 1.165) is 5.56 Å². The summed E-state index contributed by atoms with van der Waals surface area (Å²) in [4.78, 5) is 10.7. The Morgan fingerprint density at radius 3 is 2.50 bits per heavy atom. The summed E-state index contributed by atoms with van der Waals surface area (Å²) in [5.74, 6) is -0.906. The van der Waals surface area contributed by atoms with E-state index in [1.165, 1.54) is 0 Å². The van der Waals surface area contributed by atoms with E-state index in [-0.39, 0.29) is 2.14 Å². The number of carboxylic acid groups (broad SMARTS) is 1. The van der Waals surface area contributed by atoms with Crippen LogP contribution in [0.15, 0.2) is 24.3 Å². The zero-order chi connectivity index (χ0) is 10.8. The Morgan fingerprint density at radius 2 is 2.00 bits per heavy atom. The smallest absolute Gasteiger partial charge is 0.335 e. The number of alkyl halides is 3. The zero-order valence-corrected chi connectivity index (χ0v) is 11.8. The molecule has 0 radical (unpaired) electrons. The van der Waals surface area contributed by atoms with Crippen LogP contribution in [-0.4, -0.2) is 13.2 Å². The Labute approximate surface area is 107 Å². The van der Waals surface area contributed by atoms with E-state index in [4.69, 9.17) is 5.11 Å². The summed E-state index contributed by atoms with van der Waals surface area (Å²) in [5, 5.41) is 8.77. The van der Waals surface area contributed by atoms with Gasteiger partial charge in [-0.2, -0.15) is 0 Å². The summed E-state index contributed by atoms with van der Waals surface area (Å²) in [6.07, 6.45) is 0.647. The maximum absolute atomic E-state index is 10.7. The van der Waals surface area contributed by atoms with Gasteiger partial charge >= 0.3 is 5.97 Å². The Bertz CT molecular complexity index is 344. The predicted octanol–water partition coefficient (Wildman–Crippen LogP) is 3.77. The monoisotopic (exact) mass is 384 g/mol. The lowest BCUT2D eigenvalue weighted by Gasteiger charge is -2.11. The van der Waals surface area contributed by atoms with Crippen molar-refractivity contribution in [1.82, 2.24) is 0 Å². The molecule has 0 unspecified atom stereocenters. The second kappa shape index (κ2) is 4.77. The highest BCUT2D eigenvalue weighted by atomic mass is 80.0. The van der Waals surface area contributed by atoms with Crippen molar-refractivity contribution in [1.29, 1.82) is 0 Å². The molecule has 1 aromatic carbocycles. The molecule has 5 heteroatoms. The first kappa shape index (κ1) is 12.2. The fourth-order valence-corrected chi connectivity index (χ4v) is 2.02. The molecule has 0 saturated heterocycles. The third-order valence-corrected chi connectivity index (χ3v) is 2.42. The lowest BCUT2D eigenvalue weighted by Crippen LogP contribution is -2.05. The van der Waals surface area contributed by atoms with E-state index in [1.807, 2.05) is 6.07 Å². The van der Waals surface area contributed by atoms with Crippen LogP contribution in [0.5, 0.6) is 0 Å². The van der Waals surface area contributed by atoms with Gasteiger partial charge in [-0.3, -0.25) is 0 Å². The minimum Gasteiger partial charge on any atom is -0.478 e. The summed E-state index contributed by atoms with van der Waals surface area (Å²) in [7, 11) is 0. The number of hydrogen-bond acceptors (Lipinski definition) is 1. The maximum Gasteiger partial charge on any atom is 0.335 e. The molecule has 0 aliphatic rings. The average molecular weight is 387 g/mol. The normalized spacial score (nSPS) is 11.4. The van der Waals surface area contributed by atoms with E-state index >= 15 is 0 Å². The van der Waals surface area contributed by atoms with Crippen molar-refractivity contribution in [2.24, 2.45) is 0 Å². The molecule has 0 saturated carbocycles. The van der Waals surface area contributed by atoms with Gasteiger partial charge in [0.1, 0.15) is 2.14 Å². The number of halogens is 3. The van der Waals surface area contributed by atoms with Gasteiger partial charge in [0.2, 0.25) is 0 Å². The van der Waals surface area contributed by atoms with E-state index in [9.17, 15) is 4.79 Å². The van der Waals surface area contributed by atoms with Crippen molar-refractivity contribution in [3.63, 3.8) is 0 Å². The van der Waals surface area contributed by atoms with Crippen LogP contribution in [0.4, 0.5) is 0 Å². The molecule has 0 aromatic heterocycles. The number of carboxylic acids is 1. The SMILES string of the molecule is O=C(O)c1cccc(CC(Br)(Br)Br)c1. The van der Waals surface area contributed by atoms with Gasteiger partial charge < -0.3 is 5.11 Å². The minimum absolute atomic E-state index is 0.305. The summed E-state index contributed by atoms with van der Waals surface area (Å²) < 4.78 is -0.371. The maximum atomic E-state index is 10.7. The molecule has 2 nitrogen and oxygen atoms in total. The van der Waals surface area contributed by atoms with Gasteiger partial charge in [0.05, 0.1) is 5.56 Å². The van der Waals surface area contributed by atoms with Gasteiger partial charge in [0, 0.05) is 6.42 Å². The summed E-state index contributed by atoms with van der Waals surface area (Å²) in [6.45, 7) is 0. The van der Waals surface area contributed by atoms with Crippen LogP contribution in [0.3, 0.4) is 0 Å². The highest BCUT2D eigenvalue weighted by Crippen LogP contribution is 2.36. The van der Waals surface area contributed by atoms with Crippen LogP contribution >= 0.6 is 47.8 Å². The first-order chi connectivity index (χ1) is 6.38. The van der Waals surface area contributed by atoms with Gasteiger partial charge in [-0.25, -0.2) is 4.79 Å². The lowest BCUT2D eigenvalue weighted by molar-refractivity contribution is 0.0697. The van der Waals surface area contributed by atoms with Crippen molar-refractivity contribution in [2.75, 3.05) is 0 Å². The van der Waals surface area contributed by atoms with E-state index in [2.05, 4.69) is 47.8 Å². The number of rotatable bonds is 2. The summed E-state index contributed by atoms with van der Waals surface area (Å²) >= 11 is 10.1. The van der Waals surface area contributed by atoms with E-state index in [1.54, 1.807) is 18.2 Å². The van der Waals surface area contributed by atoms with Crippen LogP contribution in [0, 0.1) is 0 Å². The van der Waals surface area contributed by atoms with Crippen molar-refractivity contribution < 1.29 is 9.90 Å². The summed E-state index contributed by atoms with van der Waals surface area (Å²) in [5.41, 5.74) is 1.25. The second-order valence-corrected chi connectivity index (χ2v) is 10.1. The Balaban J connectivity index is 2.89. The Kier molecular flexibility index (Phi) is 4.15. The molecule has 0 atom stereocenters. The molecule has 0 amide bonds. The first-order valence-electron chi connectivity index (χ1n) is 3.77. The number of hydrogen-bond donors (Lipinski definition) is 1. The average Bonchev–Trinajstić information content (AvgIpc) is 2.01. The second-order valence-electron chi connectivity index (χ2n) is 2.80. The quantitative estimate of drug-likeness (QED) is 0.786. The van der Waals surface area contributed by atoms with Crippen LogP contribution in [0.25, 0.3) is 0 Å². The molecule has 0 bridgehead atoms. The van der Waals surface area contributed by atoms with Crippen LogP contribution < -0.4 is 0 Å². The molecule has 1 aromatic rings. The van der Waals surface area contributed by atoms with Crippen molar-refractivity contribution >= 4 is 53.8 Å². The molecule has 0 fully saturated rings. The Hall–Kier alpha value is 0.130. The number of aromatic carboxylic acids is 1. The molecule has 76 valence electrons. The van der Waals surface area contributed by atoms with Crippen molar-refractivity contribution in [2.45, 2.75) is 8.56 Å². The number of benzene rings is 1. The third-order valence-electron chi connectivity index (χ3n) is 1.58. The molecule has 1 N–H and O–H groups in total. The van der Waals surface area contributed by atoms with Crippen molar-refractivity contribution in [3.05, 3.63) is 35.4 Å². The fraction of sp³-hybridized carbons (Fsp3) is 0.222. The first-order valence-corrected chi connectivity index (χ1v) is 6.15. The van der Waals surface area contributed by atoms with Crippen LogP contribution in [-0.2, 0) is 6.42 Å². The molecule has 1 rings (SSSR count). The topological polar surface area (TPSA) is 37.3 Å². The third kappa shape index (κ3) is 4.11. The summed E-state index contributed by atoms with van der Waals surface area (Å²) in [6, 6.07) is 6.84. The van der Waals surface area contributed by atoms with Crippen LogP contribution in [0.1, 0.15) is 15.9 Å². The van der Waals surface area contributed by atoms with Gasteiger partial charge in [-0.1, -0.05) is 59.9 Å². The van der Waals surface area contributed by atoms with Crippen LogP contribution in [0.2, 0.25) is 0 Å². The van der Waals surface area contributed by atoms with E-state index < -0.39 is 5.97 Å².